The van der Waals surface area contributed by atoms with Gasteiger partial charge in [0.2, 0.25) is 11.8 Å². The third kappa shape index (κ3) is 4.33. The second-order valence-electron chi connectivity index (χ2n) is 6.79. The van der Waals surface area contributed by atoms with Crippen molar-refractivity contribution in [2.45, 2.75) is 40.5 Å². The van der Waals surface area contributed by atoms with Gasteiger partial charge in [0, 0.05) is 25.2 Å². The van der Waals surface area contributed by atoms with Crippen LogP contribution in [-0.2, 0) is 9.59 Å². The lowest BCUT2D eigenvalue weighted by Crippen LogP contribution is -2.29. The number of hydrogen-bond donors (Lipinski definition) is 1. The molecule has 0 saturated carbocycles. The van der Waals surface area contributed by atoms with Gasteiger partial charge in [0.15, 0.2) is 0 Å². The number of carbonyl (C=O) groups is 2. The van der Waals surface area contributed by atoms with Gasteiger partial charge in [-0.05, 0) is 49.4 Å². The number of benzene rings is 1. The molecule has 1 aromatic carbocycles. The summed E-state index contributed by atoms with van der Waals surface area (Å²) >= 11 is 0. The minimum Gasteiger partial charge on any atom is -0.342 e. The molecule has 1 saturated heterocycles. The second-order valence-corrected chi connectivity index (χ2v) is 6.79. The van der Waals surface area contributed by atoms with E-state index in [2.05, 4.69) is 25.2 Å². The molecular weight excluding hydrogens is 276 g/mol. The molecule has 1 fully saturated rings. The van der Waals surface area contributed by atoms with Crippen LogP contribution in [0.2, 0.25) is 0 Å². The van der Waals surface area contributed by atoms with Crippen LogP contribution in [0.4, 0.5) is 5.69 Å². The predicted octanol–water partition coefficient (Wildman–Crippen LogP) is 3.14. The third-order valence-electron chi connectivity index (χ3n) is 4.05. The van der Waals surface area contributed by atoms with Crippen LogP contribution in [0.5, 0.6) is 0 Å². The molecule has 1 aliphatic rings. The lowest BCUT2D eigenvalue weighted by Gasteiger charge is -2.17. The molecule has 22 heavy (non-hydrogen) atoms. The van der Waals surface area contributed by atoms with Crippen LogP contribution >= 0.6 is 0 Å². The average Bonchev–Trinajstić information content (AvgIpc) is 2.76. The standard InChI is InChI=1S/C18H26N2O2/c1-12(2)5-6-20-11-15(10-17(20)21)18(22)19-16-8-13(3)7-14(4)9-16/h7-9,12,15H,5-6,10-11H2,1-4H3,(H,19,22)/t15-/m0/s1. The number of anilines is 1. The van der Waals surface area contributed by atoms with Crippen molar-refractivity contribution in [3.63, 3.8) is 0 Å². The van der Waals surface area contributed by atoms with Crippen LogP contribution in [0.3, 0.4) is 0 Å². The Morgan fingerprint density at radius 2 is 1.91 bits per heavy atom. The summed E-state index contributed by atoms with van der Waals surface area (Å²) in [7, 11) is 0. The van der Waals surface area contributed by atoms with Gasteiger partial charge in [0.25, 0.3) is 0 Å². The summed E-state index contributed by atoms with van der Waals surface area (Å²) in [4.78, 5) is 26.2. The van der Waals surface area contributed by atoms with E-state index in [1.54, 1.807) is 0 Å². The largest absolute Gasteiger partial charge is 0.342 e. The molecule has 1 aromatic rings. The first kappa shape index (κ1) is 16.5. The summed E-state index contributed by atoms with van der Waals surface area (Å²) in [5, 5.41) is 2.95. The van der Waals surface area contributed by atoms with Gasteiger partial charge < -0.3 is 10.2 Å². The summed E-state index contributed by atoms with van der Waals surface area (Å²) in [5.41, 5.74) is 3.06. The zero-order valence-corrected chi connectivity index (χ0v) is 14.0. The van der Waals surface area contributed by atoms with Crippen LogP contribution in [-0.4, -0.2) is 29.8 Å². The molecule has 1 aliphatic heterocycles. The fourth-order valence-corrected chi connectivity index (χ4v) is 2.87. The van der Waals surface area contributed by atoms with Crippen molar-refractivity contribution in [3.05, 3.63) is 29.3 Å². The highest BCUT2D eigenvalue weighted by atomic mass is 16.2. The Hall–Kier alpha value is -1.84. The van der Waals surface area contributed by atoms with Crippen molar-refractivity contribution in [3.8, 4) is 0 Å². The maximum atomic E-state index is 12.4. The molecule has 120 valence electrons. The maximum Gasteiger partial charge on any atom is 0.229 e. The normalized spacial score (nSPS) is 18.1. The summed E-state index contributed by atoms with van der Waals surface area (Å²) in [5.74, 6) is 0.378. The number of carbonyl (C=O) groups excluding carboxylic acids is 2. The van der Waals surface area contributed by atoms with E-state index in [1.165, 1.54) is 0 Å². The van der Waals surface area contributed by atoms with Crippen LogP contribution < -0.4 is 5.32 Å². The van der Waals surface area contributed by atoms with Gasteiger partial charge in [0.1, 0.15) is 0 Å². The number of nitrogens with one attached hydrogen (secondary N) is 1. The Labute approximate surface area is 132 Å². The molecule has 0 spiro atoms. The molecule has 4 nitrogen and oxygen atoms in total. The summed E-state index contributed by atoms with van der Waals surface area (Å²) in [6, 6.07) is 5.98. The highest BCUT2D eigenvalue weighted by Crippen LogP contribution is 2.22. The molecule has 2 rings (SSSR count). The minimum atomic E-state index is -0.236. The van der Waals surface area contributed by atoms with Crippen molar-refractivity contribution in [1.29, 1.82) is 0 Å². The Morgan fingerprint density at radius 1 is 1.27 bits per heavy atom. The Kier molecular flexibility index (Phi) is 5.22. The molecular formula is C18H26N2O2. The van der Waals surface area contributed by atoms with E-state index in [0.29, 0.717) is 18.9 Å². The van der Waals surface area contributed by atoms with E-state index in [4.69, 9.17) is 0 Å². The van der Waals surface area contributed by atoms with Crippen molar-refractivity contribution in [1.82, 2.24) is 4.90 Å². The van der Waals surface area contributed by atoms with E-state index in [-0.39, 0.29) is 17.7 Å². The molecule has 4 heteroatoms. The zero-order chi connectivity index (χ0) is 16.3. The molecule has 0 bridgehead atoms. The fourth-order valence-electron chi connectivity index (χ4n) is 2.87. The van der Waals surface area contributed by atoms with Crippen LogP contribution in [0.1, 0.15) is 37.8 Å². The number of likely N-dealkylation sites (tertiary alicyclic amines) is 1. The number of amides is 2. The quantitative estimate of drug-likeness (QED) is 0.908. The lowest BCUT2D eigenvalue weighted by atomic mass is 10.1. The first-order valence-electron chi connectivity index (χ1n) is 8.02. The molecule has 1 atom stereocenters. The van der Waals surface area contributed by atoms with Gasteiger partial charge in [-0.15, -0.1) is 0 Å². The van der Waals surface area contributed by atoms with Crippen molar-refractivity contribution in [2.24, 2.45) is 11.8 Å². The first-order chi connectivity index (χ1) is 10.3. The van der Waals surface area contributed by atoms with E-state index < -0.39 is 0 Å². The number of hydrogen-bond acceptors (Lipinski definition) is 2. The zero-order valence-electron chi connectivity index (χ0n) is 14.0. The monoisotopic (exact) mass is 302 g/mol. The van der Waals surface area contributed by atoms with E-state index in [1.807, 2.05) is 30.9 Å². The Bertz CT molecular complexity index is 546. The molecule has 1 N–H and O–H groups in total. The van der Waals surface area contributed by atoms with Crippen LogP contribution in [0, 0.1) is 25.7 Å². The molecule has 0 radical (unpaired) electrons. The third-order valence-corrected chi connectivity index (χ3v) is 4.05. The predicted molar refractivity (Wildman–Crippen MR) is 88.7 cm³/mol. The summed E-state index contributed by atoms with van der Waals surface area (Å²) in [6.45, 7) is 9.60. The number of aryl methyl sites for hydroxylation is 2. The second kappa shape index (κ2) is 6.95. The maximum absolute atomic E-state index is 12.4. The van der Waals surface area contributed by atoms with Crippen molar-refractivity contribution in [2.75, 3.05) is 18.4 Å². The molecule has 1 heterocycles. The molecule has 2 amide bonds. The van der Waals surface area contributed by atoms with Crippen molar-refractivity contribution < 1.29 is 9.59 Å². The SMILES string of the molecule is Cc1cc(C)cc(NC(=O)[C@H]2CC(=O)N(CCC(C)C)C2)c1. The summed E-state index contributed by atoms with van der Waals surface area (Å²) < 4.78 is 0. The van der Waals surface area contributed by atoms with Crippen LogP contribution in [0.25, 0.3) is 0 Å². The number of nitrogens with zero attached hydrogens (tertiary/aromatic N) is 1. The van der Waals surface area contributed by atoms with Gasteiger partial charge in [-0.25, -0.2) is 0 Å². The first-order valence-corrected chi connectivity index (χ1v) is 8.02. The van der Waals surface area contributed by atoms with E-state index in [0.717, 1.165) is 29.8 Å². The van der Waals surface area contributed by atoms with Gasteiger partial charge in [0.05, 0.1) is 5.92 Å². The average molecular weight is 302 g/mol. The summed E-state index contributed by atoms with van der Waals surface area (Å²) in [6.07, 6.45) is 1.31. The smallest absolute Gasteiger partial charge is 0.229 e. The van der Waals surface area contributed by atoms with Gasteiger partial charge in [-0.3, -0.25) is 9.59 Å². The van der Waals surface area contributed by atoms with Crippen LogP contribution in [0.15, 0.2) is 18.2 Å². The fraction of sp³-hybridized carbons (Fsp3) is 0.556. The highest BCUT2D eigenvalue weighted by Gasteiger charge is 2.34. The highest BCUT2D eigenvalue weighted by molar-refractivity contribution is 5.97. The molecule has 0 aliphatic carbocycles. The topological polar surface area (TPSA) is 49.4 Å². The van der Waals surface area contributed by atoms with E-state index in [9.17, 15) is 9.59 Å². The van der Waals surface area contributed by atoms with E-state index >= 15 is 0 Å². The minimum absolute atomic E-state index is 0.0506. The number of rotatable bonds is 5. The van der Waals surface area contributed by atoms with Crippen molar-refractivity contribution >= 4 is 17.5 Å². The van der Waals surface area contributed by atoms with Gasteiger partial charge in [-0.1, -0.05) is 19.9 Å². The Balaban J connectivity index is 1.94. The van der Waals surface area contributed by atoms with Gasteiger partial charge >= 0.3 is 0 Å². The molecule has 0 aromatic heterocycles. The molecule has 0 unspecified atom stereocenters. The van der Waals surface area contributed by atoms with Gasteiger partial charge in [-0.2, -0.15) is 0 Å². The Morgan fingerprint density at radius 3 is 2.50 bits per heavy atom. The lowest BCUT2D eigenvalue weighted by molar-refractivity contribution is -0.128.